The third-order valence-electron chi connectivity index (χ3n) is 3.37. The molecule has 1 aromatic heterocycles. The van der Waals surface area contributed by atoms with E-state index in [2.05, 4.69) is 28.0 Å². The third-order valence-corrected chi connectivity index (χ3v) is 3.37. The fourth-order valence-corrected chi connectivity index (χ4v) is 2.39. The van der Waals surface area contributed by atoms with Crippen molar-refractivity contribution in [2.24, 2.45) is 0 Å². The van der Waals surface area contributed by atoms with Crippen LogP contribution in [0.1, 0.15) is 24.4 Å². The topological polar surface area (TPSA) is 50.2 Å². The van der Waals surface area contributed by atoms with Crippen LogP contribution in [0.2, 0.25) is 0 Å². The van der Waals surface area contributed by atoms with Crippen molar-refractivity contribution >= 4 is 6.03 Å². The molecule has 0 saturated carbocycles. The van der Waals surface area contributed by atoms with Gasteiger partial charge in [0.1, 0.15) is 5.82 Å². The Bertz CT molecular complexity index is 459. The van der Waals surface area contributed by atoms with Gasteiger partial charge in [0.15, 0.2) is 0 Å². The predicted octanol–water partition coefficient (Wildman–Crippen LogP) is 2.10. The van der Waals surface area contributed by atoms with Crippen molar-refractivity contribution in [3.63, 3.8) is 0 Å². The van der Waals surface area contributed by atoms with Gasteiger partial charge in [-0.25, -0.2) is 9.78 Å². The third kappa shape index (κ3) is 3.50. The number of aryl methyl sites for hydroxylation is 2. The van der Waals surface area contributed by atoms with E-state index in [9.17, 15) is 4.79 Å². The van der Waals surface area contributed by atoms with Crippen LogP contribution in [-0.2, 0) is 19.5 Å². The van der Waals surface area contributed by atoms with E-state index in [1.165, 1.54) is 12.8 Å². The Kier molecular flexibility index (Phi) is 4.98. The molecule has 0 atom stereocenters. The summed E-state index contributed by atoms with van der Waals surface area (Å²) in [6, 6.07) is -0.115. The van der Waals surface area contributed by atoms with Crippen LogP contribution in [0, 0.1) is 0 Å². The van der Waals surface area contributed by atoms with E-state index < -0.39 is 0 Å². The quantitative estimate of drug-likeness (QED) is 0.808. The van der Waals surface area contributed by atoms with Gasteiger partial charge in [0, 0.05) is 32.3 Å². The van der Waals surface area contributed by atoms with Gasteiger partial charge in [-0.2, -0.15) is 0 Å². The first kappa shape index (κ1) is 14.4. The maximum atomic E-state index is 12.0. The highest BCUT2D eigenvalue weighted by Crippen LogP contribution is 2.14. The van der Waals surface area contributed by atoms with Crippen LogP contribution in [0.5, 0.6) is 0 Å². The summed E-state index contributed by atoms with van der Waals surface area (Å²) in [5, 5.41) is 2.89. The van der Waals surface area contributed by atoms with E-state index in [4.69, 9.17) is 0 Å². The lowest BCUT2D eigenvalue weighted by Crippen LogP contribution is -2.39. The van der Waals surface area contributed by atoms with Crippen LogP contribution in [0.25, 0.3) is 0 Å². The number of fused-ring (bicyclic) bond motifs is 1. The molecule has 2 amide bonds. The Morgan fingerprint density at radius 2 is 2.15 bits per heavy atom. The van der Waals surface area contributed by atoms with Gasteiger partial charge in [0.05, 0.1) is 12.2 Å². The van der Waals surface area contributed by atoms with Crippen LogP contribution in [0.15, 0.2) is 31.5 Å². The second-order valence-electron chi connectivity index (χ2n) is 4.94. The monoisotopic (exact) mass is 274 g/mol. The fraction of sp³-hybridized carbons (Fsp3) is 0.467. The van der Waals surface area contributed by atoms with E-state index in [1.54, 1.807) is 17.1 Å². The molecule has 0 aromatic carbocycles. The summed E-state index contributed by atoms with van der Waals surface area (Å²) < 4.78 is 2.19. The number of imidazole rings is 1. The minimum absolute atomic E-state index is 0.115. The van der Waals surface area contributed by atoms with Crippen LogP contribution in [-0.4, -0.2) is 33.6 Å². The number of nitrogens with one attached hydrogen (secondary N) is 1. The van der Waals surface area contributed by atoms with Crippen molar-refractivity contribution < 1.29 is 4.79 Å². The lowest BCUT2D eigenvalue weighted by molar-refractivity contribution is 0.207. The molecule has 0 spiro atoms. The number of urea groups is 1. The number of hydrogen-bond donors (Lipinski definition) is 1. The molecule has 0 saturated heterocycles. The molecule has 0 bridgehead atoms. The molecule has 1 aliphatic rings. The van der Waals surface area contributed by atoms with E-state index in [-0.39, 0.29) is 6.03 Å². The number of carbonyl (C=O) groups is 1. The number of hydrogen-bond acceptors (Lipinski definition) is 2. The summed E-state index contributed by atoms with van der Waals surface area (Å²) in [5.41, 5.74) is 0.924. The molecule has 5 nitrogen and oxygen atoms in total. The van der Waals surface area contributed by atoms with Crippen LogP contribution < -0.4 is 5.32 Å². The molecule has 2 heterocycles. The number of aromatic nitrogens is 2. The van der Waals surface area contributed by atoms with Gasteiger partial charge < -0.3 is 14.8 Å². The zero-order valence-electron chi connectivity index (χ0n) is 11.8. The summed E-state index contributed by atoms with van der Waals surface area (Å²) >= 11 is 0. The maximum Gasteiger partial charge on any atom is 0.318 e. The molecule has 108 valence electrons. The highest BCUT2D eigenvalue weighted by molar-refractivity contribution is 5.74. The highest BCUT2D eigenvalue weighted by atomic mass is 16.2. The summed E-state index contributed by atoms with van der Waals surface area (Å²) in [4.78, 5) is 18.2. The van der Waals surface area contributed by atoms with Crippen molar-refractivity contribution in [3.8, 4) is 0 Å². The number of amides is 2. The van der Waals surface area contributed by atoms with Crippen molar-refractivity contribution in [3.05, 3.63) is 43.0 Å². The second kappa shape index (κ2) is 6.93. The molecular weight excluding hydrogens is 252 g/mol. The second-order valence-corrected chi connectivity index (χ2v) is 4.94. The molecule has 1 aromatic rings. The molecule has 1 aliphatic heterocycles. The predicted molar refractivity (Wildman–Crippen MR) is 79.4 cm³/mol. The molecular formula is C15H22N4O. The minimum atomic E-state index is -0.115. The van der Waals surface area contributed by atoms with E-state index in [0.29, 0.717) is 19.6 Å². The smallest absolute Gasteiger partial charge is 0.318 e. The van der Waals surface area contributed by atoms with Crippen LogP contribution in [0.3, 0.4) is 0 Å². The Morgan fingerprint density at radius 3 is 2.80 bits per heavy atom. The summed E-state index contributed by atoms with van der Waals surface area (Å²) in [6.45, 7) is 9.83. The largest absolute Gasteiger partial charge is 0.335 e. The number of carbonyl (C=O) groups excluding carboxylic acids is 1. The van der Waals surface area contributed by atoms with Gasteiger partial charge in [0.2, 0.25) is 0 Å². The Balaban J connectivity index is 1.90. The summed E-state index contributed by atoms with van der Waals surface area (Å²) in [6.07, 6.45) is 8.90. The number of nitrogens with zero attached hydrogens (tertiary/aromatic N) is 3. The lowest BCUT2D eigenvalue weighted by Gasteiger charge is -2.19. The van der Waals surface area contributed by atoms with Crippen LogP contribution >= 0.6 is 0 Å². The van der Waals surface area contributed by atoms with Gasteiger partial charge in [-0.1, -0.05) is 12.2 Å². The van der Waals surface area contributed by atoms with Crippen molar-refractivity contribution in [2.75, 3.05) is 13.1 Å². The molecule has 0 fully saturated rings. The first-order chi connectivity index (χ1) is 9.74. The lowest BCUT2D eigenvalue weighted by atomic mass is 10.2. The van der Waals surface area contributed by atoms with Crippen LogP contribution in [0.4, 0.5) is 4.79 Å². The number of rotatable bonds is 6. The Labute approximate surface area is 120 Å². The van der Waals surface area contributed by atoms with Crippen molar-refractivity contribution in [1.29, 1.82) is 0 Å². The van der Waals surface area contributed by atoms with Crippen molar-refractivity contribution in [1.82, 2.24) is 19.8 Å². The normalized spacial score (nSPS) is 13.4. The molecule has 20 heavy (non-hydrogen) atoms. The first-order valence-corrected chi connectivity index (χ1v) is 7.04. The fourth-order valence-electron chi connectivity index (χ4n) is 2.39. The molecule has 0 radical (unpaired) electrons. The summed E-state index contributed by atoms with van der Waals surface area (Å²) in [7, 11) is 0. The van der Waals surface area contributed by atoms with Gasteiger partial charge in [0.25, 0.3) is 0 Å². The average Bonchev–Trinajstić information content (AvgIpc) is 2.87. The molecule has 5 heteroatoms. The molecule has 0 unspecified atom stereocenters. The van der Waals surface area contributed by atoms with Gasteiger partial charge in [-0.15, -0.1) is 13.2 Å². The van der Waals surface area contributed by atoms with Gasteiger partial charge >= 0.3 is 6.03 Å². The van der Waals surface area contributed by atoms with Gasteiger partial charge in [-0.05, 0) is 12.8 Å². The Hall–Kier alpha value is -2.04. The standard InChI is InChI=1S/C15H22N4O/c1-3-8-18(9-4-2)15(20)16-11-13-12-19-10-6-5-7-14(19)17-13/h3-4,12H,1-2,5-11H2,(H,16,20). The Morgan fingerprint density at radius 1 is 1.40 bits per heavy atom. The highest BCUT2D eigenvalue weighted by Gasteiger charge is 2.14. The van der Waals surface area contributed by atoms with E-state index in [0.717, 1.165) is 24.5 Å². The molecule has 1 N–H and O–H groups in total. The van der Waals surface area contributed by atoms with Crippen molar-refractivity contribution in [2.45, 2.75) is 32.4 Å². The zero-order chi connectivity index (χ0) is 14.4. The SMILES string of the molecule is C=CCN(CC=C)C(=O)NCc1cn2c(n1)CCCC2. The molecule has 0 aliphatic carbocycles. The van der Waals surface area contributed by atoms with E-state index >= 15 is 0 Å². The van der Waals surface area contributed by atoms with E-state index in [1.807, 2.05) is 6.20 Å². The first-order valence-electron chi connectivity index (χ1n) is 7.04. The summed E-state index contributed by atoms with van der Waals surface area (Å²) in [5.74, 6) is 1.13. The van der Waals surface area contributed by atoms with Gasteiger partial charge in [-0.3, -0.25) is 0 Å². The molecule has 2 rings (SSSR count). The minimum Gasteiger partial charge on any atom is -0.335 e. The zero-order valence-corrected chi connectivity index (χ0v) is 11.8. The maximum absolute atomic E-state index is 12.0. The average molecular weight is 274 g/mol.